The molecule has 0 heterocycles. The number of carbonyl (C=O) groups excluding carboxylic acids is 1. The van der Waals surface area contributed by atoms with E-state index in [1.165, 1.54) is 6.07 Å². The summed E-state index contributed by atoms with van der Waals surface area (Å²) in [5.74, 6) is -1.86. The number of aryl methyl sites for hydroxylation is 2. The largest absolute Gasteiger partial charge is 0.492 e. The number of amides is 1. The predicted octanol–water partition coefficient (Wildman–Crippen LogP) is 3.39. The van der Waals surface area contributed by atoms with Crippen molar-refractivity contribution < 1.29 is 18.3 Å². The lowest BCUT2D eigenvalue weighted by atomic mass is 10.1. The highest BCUT2D eigenvalue weighted by atomic mass is 19.1. The molecule has 0 spiro atoms. The van der Waals surface area contributed by atoms with Crippen molar-refractivity contribution in [3.05, 3.63) is 64.7 Å². The van der Waals surface area contributed by atoms with Gasteiger partial charge in [0, 0.05) is 0 Å². The molecule has 5 heteroatoms. The van der Waals surface area contributed by atoms with E-state index in [0.29, 0.717) is 5.75 Å². The second-order valence-corrected chi connectivity index (χ2v) is 5.02. The Morgan fingerprint density at radius 1 is 1.09 bits per heavy atom. The van der Waals surface area contributed by atoms with Crippen molar-refractivity contribution in [3.63, 3.8) is 0 Å². The molecule has 22 heavy (non-hydrogen) atoms. The van der Waals surface area contributed by atoms with E-state index in [4.69, 9.17) is 4.74 Å². The Bertz CT molecular complexity index is 646. The van der Waals surface area contributed by atoms with E-state index in [1.54, 1.807) is 0 Å². The number of nitrogens with one attached hydrogen (secondary N) is 1. The molecule has 0 bridgehead atoms. The van der Waals surface area contributed by atoms with Crippen molar-refractivity contribution in [2.45, 2.75) is 13.8 Å². The van der Waals surface area contributed by atoms with Gasteiger partial charge in [0.15, 0.2) is 0 Å². The zero-order valence-electron chi connectivity index (χ0n) is 12.5. The molecule has 3 nitrogen and oxygen atoms in total. The van der Waals surface area contributed by atoms with Crippen molar-refractivity contribution in [1.29, 1.82) is 0 Å². The maximum atomic E-state index is 13.4. The number of hydrogen-bond donors (Lipinski definition) is 1. The molecular formula is C17H17F2NO2. The molecule has 0 aliphatic heterocycles. The SMILES string of the molecule is Cc1cc(C)cc(OCCNC(=O)c2c(F)cccc2F)c1. The monoisotopic (exact) mass is 305 g/mol. The number of hydrogen-bond acceptors (Lipinski definition) is 2. The molecule has 0 saturated carbocycles. The molecule has 2 rings (SSSR count). The maximum absolute atomic E-state index is 13.4. The molecule has 0 atom stereocenters. The maximum Gasteiger partial charge on any atom is 0.257 e. The summed E-state index contributed by atoms with van der Waals surface area (Å²) in [7, 11) is 0. The second kappa shape index (κ2) is 7.02. The van der Waals surface area contributed by atoms with Crippen molar-refractivity contribution in [2.75, 3.05) is 13.2 Å². The summed E-state index contributed by atoms with van der Waals surface area (Å²) in [4.78, 5) is 11.8. The molecule has 0 aromatic heterocycles. The van der Waals surface area contributed by atoms with E-state index in [9.17, 15) is 13.6 Å². The third kappa shape index (κ3) is 4.04. The molecule has 1 amide bonds. The third-order valence-electron chi connectivity index (χ3n) is 3.04. The Morgan fingerprint density at radius 2 is 1.68 bits per heavy atom. The highest BCUT2D eigenvalue weighted by molar-refractivity contribution is 5.94. The number of ether oxygens (including phenoxy) is 1. The second-order valence-electron chi connectivity index (χ2n) is 5.02. The fraction of sp³-hybridized carbons (Fsp3) is 0.235. The Balaban J connectivity index is 1.87. The topological polar surface area (TPSA) is 38.3 Å². The standard InChI is InChI=1S/C17H17F2NO2/c1-11-8-12(2)10-13(9-11)22-7-6-20-17(21)16-14(18)4-3-5-15(16)19/h3-5,8-10H,6-7H2,1-2H3,(H,20,21). The Kier molecular flexibility index (Phi) is 5.09. The summed E-state index contributed by atoms with van der Waals surface area (Å²) < 4.78 is 32.4. The summed E-state index contributed by atoms with van der Waals surface area (Å²) in [5.41, 5.74) is 1.58. The van der Waals surface area contributed by atoms with Crippen LogP contribution in [0.4, 0.5) is 8.78 Å². The van der Waals surface area contributed by atoms with Gasteiger partial charge in [0.2, 0.25) is 0 Å². The molecule has 0 aliphatic carbocycles. The van der Waals surface area contributed by atoms with Crippen LogP contribution < -0.4 is 10.1 Å². The summed E-state index contributed by atoms with van der Waals surface area (Å²) in [6.45, 7) is 4.29. The fourth-order valence-corrected chi connectivity index (χ4v) is 2.15. The van der Waals surface area contributed by atoms with Gasteiger partial charge in [-0.3, -0.25) is 4.79 Å². The van der Waals surface area contributed by atoms with E-state index >= 15 is 0 Å². The average Bonchev–Trinajstić information content (AvgIpc) is 2.42. The van der Waals surface area contributed by atoms with Gasteiger partial charge < -0.3 is 10.1 Å². The molecule has 0 radical (unpaired) electrons. The molecule has 0 fully saturated rings. The van der Waals surface area contributed by atoms with Crippen LogP contribution in [-0.4, -0.2) is 19.1 Å². The molecule has 1 N–H and O–H groups in total. The van der Waals surface area contributed by atoms with Crippen LogP contribution in [0.5, 0.6) is 5.75 Å². The predicted molar refractivity (Wildman–Crippen MR) is 80.1 cm³/mol. The van der Waals surface area contributed by atoms with Crippen molar-refractivity contribution in [1.82, 2.24) is 5.32 Å². The first-order chi connectivity index (χ1) is 10.5. The van der Waals surface area contributed by atoms with E-state index in [2.05, 4.69) is 5.32 Å². The Labute approximate surface area is 127 Å². The molecule has 0 saturated heterocycles. The van der Waals surface area contributed by atoms with Gasteiger partial charge in [0.05, 0.1) is 6.54 Å². The van der Waals surface area contributed by atoms with Crippen molar-refractivity contribution >= 4 is 5.91 Å². The Morgan fingerprint density at radius 3 is 2.27 bits per heavy atom. The van der Waals surface area contributed by atoms with E-state index in [-0.39, 0.29) is 13.2 Å². The molecule has 2 aromatic rings. The molecule has 2 aromatic carbocycles. The first kappa shape index (κ1) is 15.9. The number of halogens is 2. The van der Waals surface area contributed by atoms with Gasteiger partial charge in [-0.05, 0) is 49.2 Å². The van der Waals surface area contributed by atoms with E-state index in [0.717, 1.165) is 23.3 Å². The smallest absolute Gasteiger partial charge is 0.257 e. The lowest BCUT2D eigenvalue weighted by Gasteiger charge is -2.10. The Hall–Kier alpha value is -2.43. The summed E-state index contributed by atoms with van der Waals surface area (Å²) in [5, 5.41) is 2.44. The highest BCUT2D eigenvalue weighted by Gasteiger charge is 2.16. The highest BCUT2D eigenvalue weighted by Crippen LogP contribution is 2.16. The van der Waals surface area contributed by atoms with Crippen LogP contribution in [0.3, 0.4) is 0 Å². The van der Waals surface area contributed by atoms with Crippen molar-refractivity contribution in [3.8, 4) is 5.75 Å². The molecule has 0 unspecified atom stereocenters. The molecular weight excluding hydrogens is 288 g/mol. The zero-order valence-corrected chi connectivity index (χ0v) is 12.5. The van der Waals surface area contributed by atoms with E-state index < -0.39 is 23.1 Å². The van der Waals surface area contributed by atoms with Gasteiger partial charge >= 0.3 is 0 Å². The fourth-order valence-electron chi connectivity index (χ4n) is 2.15. The molecule has 0 aliphatic rings. The quantitative estimate of drug-likeness (QED) is 0.860. The van der Waals surface area contributed by atoms with Gasteiger partial charge in [0.25, 0.3) is 5.91 Å². The first-order valence-electron chi connectivity index (χ1n) is 6.90. The van der Waals surface area contributed by atoms with Crippen LogP contribution >= 0.6 is 0 Å². The van der Waals surface area contributed by atoms with Crippen LogP contribution in [0.2, 0.25) is 0 Å². The summed E-state index contributed by atoms with van der Waals surface area (Å²) in [6.07, 6.45) is 0. The summed E-state index contributed by atoms with van der Waals surface area (Å²) in [6, 6.07) is 9.09. The van der Waals surface area contributed by atoms with E-state index in [1.807, 2.05) is 32.0 Å². The van der Waals surface area contributed by atoms with Crippen LogP contribution in [0.25, 0.3) is 0 Å². The van der Waals surface area contributed by atoms with Crippen LogP contribution in [0.15, 0.2) is 36.4 Å². The minimum Gasteiger partial charge on any atom is -0.492 e. The van der Waals surface area contributed by atoms with Crippen LogP contribution in [0, 0.1) is 25.5 Å². The summed E-state index contributed by atoms with van der Waals surface area (Å²) >= 11 is 0. The van der Waals surface area contributed by atoms with Gasteiger partial charge in [-0.2, -0.15) is 0 Å². The van der Waals surface area contributed by atoms with Gasteiger partial charge in [0.1, 0.15) is 29.6 Å². The molecule has 116 valence electrons. The average molecular weight is 305 g/mol. The normalized spacial score (nSPS) is 10.4. The number of benzene rings is 2. The van der Waals surface area contributed by atoms with Gasteiger partial charge in [-0.1, -0.05) is 12.1 Å². The van der Waals surface area contributed by atoms with Crippen molar-refractivity contribution in [2.24, 2.45) is 0 Å². The van der Waals surface area contributed by atoms with Crippen LogP contribution in [-0.2, 0) is 0 Å². The third-order valence-corrected chi connectivity index (χ3v) is 3.04. The van der Waals surface area contributed by atoms with Crippen LogP contribution in [0.1, 0.15) is 21.5 Å². The zero-order chi connectivity index (χ0) is 16.1. The minimum absolute atomic E-state index is 0.152. The van der Waals surface area contributed by atoms with Gasteiger partial charge in [-0.15, -0.1) is 0 Å². The lowest BCUT2D eigenvalue weighted by molar-refractivity contribution is 0.0938. The minimum atomic E-state index is -0.882. The van der Waals surface area contributed by atoms with Gasteiger partial charge in [-0.25, -0.2) is 8.78 Å². The number of rotatable bonds is 5. The first-order valence-corrected chi connectivity index (χ1v) is 6.90. The number of carbonyl (C=O) groups is 1. The lowest BCUT2D eigenvalue weighted by Crippen LogP contribution is -2.29.